The zero-order chi connectivity index (χ0) is 15.0. The molecule has 0 saturated heterocycles. The van der Waals surface area contributed by atoms with E-state index in [9.17, 15) is 10.2 Å². The van der Waals surface area contributed by atoms with Crippen molar-refractivity contribution in [1.29, 1.82) is 0 Å². The molecule has 0 amide bonds. The first-order chi connectivity index (χ1) is 10.1. The van der Waals surface area contributed by atoms with Crippen molar-refractivity contribution in [2.24, 2.45) is 0 Å². The normalized spacial score (nSPS) is 14.5. The Morgan fingerprint density at radius 2 is 1.86 bits per heavy atom. The summed E-state index contributed by atoms with van der Waals surface area (Å²) in [4.78, 5) is 6.41. The van der Waals surface area contributed by atoms with Crippen molar-refractivity contribution >= 4 is 16.3 Å². The maximum atomic E-state index is 10.5. The fourth-order valence-corrected chi connectivity index (χ4v) is 3.46. The van der Waals surface area contributed by atoms with Crippen LogP contribution < -0.4 is 0 Å². The van der Waals surface area contributed by atoms with Crippen LogP contribution in [-0.2, 0) is 0 Å². The van der Waals surface area contributed by atoms with E-state index in [1.54, 1.807) is 17.5 Å². The lowest BCUT2D eigenvalue weighted by atomic mass is 10.0. The first-order valence-electron chi connectivity index (χ1n) is 6.92. The molecule has 0 saturated carbocycles. The molecule has 2 N–H and O–H groups in total. The molecule has 0 fully saturated rings. The van der Waals surface area contributed by atoms with Gasteiger partial charge in [-0.3, -0.25) is 4.40 Å². The van der Waals surface area contributed by atoms with Crippen molar-refractivity contribution in [3.05, 3.63) is 58.4 Å². The van der Waals surface area contributed by atoms with Gasteiger partial charge in [-0.05, 0) is 19.4 Å². The minimum atomic E-state index is -0.747. The Balaban J connectivity index is 1.86. The third kappa shape index (κ3) is 2.60. The van der Waals surface area contributed by atoms with Crippen LogP contribution >= 0.6 is 11.3 Å². The summed E-state index contributed by atoms with van der Waals surface area (Å²) in [6.45, 7) is 4.06. The number of imidazole rings is 1. The number of aromatic nitrogens is 2. The van der Waals surface area contributed by atoms with Gasteiger partial charge in [0.2, 0.25) is 0 Å². The highest BCUT2D eigenvalue weighted by Crippen LogP contribution is 2.30. The van der Waals surface area contributed by atoms with Gasteiger partial charge in [-0.25, -0.2) is 4.98 Å². The predicted molar refractivity (Wildman–Crippen MR) is 83.5 cm³/mol. The van der Waals surface area contributed by atoms with Crippen molar-refractivity contribution in [2.45, 2.75) is 32.5 Å². The van der Waals surface area contributed by atoms with Gasteiger partial charge in [0.15, 0.2) is 4.96 Å². The van der Waals surface area contributed by atoms with Crippen LogP contribution in [0.5, 0.6) is 0 Å². The first kappa shape index (κ1) is 14.3. The van der Waals surface area contributed by atoms with Gasteiger partial charge in [-0.1, -0.05) is 30.3 Å². The second-order valence-corrected chi connectivity index (χ2v) is 6.40. The third-order valence-electron chi connectivity index (χ3n) is 3.82. The van der Waals surface area contributed by atoms with Crippen LogP contribution in [0.1, 0.15) is 40.5 Å². The Morgan fingerprint density at radius 1 is 1.14 bits per heavy atom. The monoisotopic (exact) mass is 302 g/mol. The number of aryl methyl sites for hydroxylation is 2. The van der Waals surface area contributed by atoms with Crippen molar-refractivity contribution in [2.75, 3.05) is 0 Å². The van der Waals surface area contributed by atoms with Crippen LogP contribution in [-0.4, -0.2) is 19.6 Å². The molecule has 0 bridgehead atoms. The van der Waals surface area contributed by atoms with E-state index in [4.69, 9.17) is 0 Å². The van der Waals surface area contributed by atoms with E-state index in [0.717, 1.165) is 21.9 Å². The lowest BCUT2D eigenvalue weighted by Gasteiger charge is -2.16. The van der Waals surface area contributed by atoms with Crippen LogP contribution in [0, 0.1) is 13.8 Å². The van der Waals surface area contributed by atoms with E-state index < -0.39 is 12.2 Å². The van der Waals surface area contributed by atoms with Gasteiger partial charge in [-0.2, -0.15) is 0 Å². The summed E-state index contributed by atoms with van der Waals surface area (Å²) in [5.41, 5.74) is 2.65. The number of hydrogen-bond donors (Lipinski definition) is 2. The number of thiazole rings is 1. The molecular weight excluding hydrogens is 284 g/mol. The van der Waals surface area contributed by atoms with Gasteiger partial charge in [0.1, 0.15) is 0 Å². The van der Waals surface area contributed by atoms with Crippen molar-refractivity contribution in [3.63, 3.8) is 0 Å². The molecule has 3 rings (SSSR count). The number of fused-ring (bicyclic) bond motifs is 1. The Morgan fingerprint density at radius 3 is 2.57 bits per heavy atom. The van der Waals surface area contributed by atoms with E-state index in [-0.39, 0.29) is 6.42 Å². The van der Waals surface area contributed by atoms with Crippen molar-refractivity contribution in [1.82, 2.24) is 9.38 Å². The zero-order valence-electron chi connectivity index (χ0n) is 12.0. The predicted octanol–water partition coefficient (Wildman–Crippen LogP) is 3.17. The quantitative estimate of drug-likeness (QED) is 0.778. The number of nitrogens with zero attached hydrogens (tertiary/aromatic N) is 2. The molecule has 2 atom stereocenters. The molecule has 1 aromatic carbocycles. The number of aliphatic hydroxyl groups is 2. The smallest absolute Gasteiger partial charge is 0.194 e. The SMILES string of the molecule is Cc1sc2ncc(C(O)CC(O)c3ccccc3)n2c1C. The van der Waals surface area contributed by atoms with Gasteiger partial charge in [0.05, 0.1) is 24.1 Å². The molecule has 3 aromatic rings. The molecule has 5 heteroatoms. The molecule has 0 aliphatic carbocycles. The summed E-state index contributed by atoms with van der Waals surface area (Å²) in [5, 5.41) is 20.7. The highest BCUT2D eigenvalue weighted by atomic mass is 32.1. The Bertz CT molecular complexity index is 748. The average Bonchev–Trinajstić information content (AvgIpc) is 3.01. The van der Waals surface area contributed by atoms with E-state index in [1.807, 2.05) is 48.6 Å². The van der Waals surface area contributed by atoms with Crippen molar-refractivity contribution < 1.29 is 10.2 Å². The molecule has 0 aliphatic rings. The Hall–Kier alpha value is -1.69. The summed E-state index contributed by atoms with van der Waals surface area (Å²) in [6.07, 6.45) is 0.516. The fraction of sp³-hybridized carbons (Fsp3) is 0.312. The summed E-state index contributed by atoms with van der Waals surface area (Å²) < 4.78 is 1.97. The molecule has 2 heterocycles. The Labute approximate surface area is 127 Å². The van der Waals surface area contributed by atoms with Gasteiger partial charge in [0, 0.05) is 17.0 Å². The highest BCUT2D eigenvalue weighted by molar-refractivity contribution is 7.17. The topological polar surface area (TPSA) is 57.8 Å². The second-order valence-electron chi connectivity index (χ2n) is 5.22. The molecule has 0 spiro atoms. The third-order valence-corrected chi connectivity index (χ3v) is 4.89. The lowest BCUT2D eigenvalue weighted by Crippen LogP contribution is -2.08. The minimum absolute atomic E-state index is 0.256. The molecule has 110 valence electrons. The van der Waals surface area contributed by atoms with E-state index in [0.29, 0.717) is 0 Å². The van der Waals surface area contributed by atoms with Crippen LogP contribution in [0.25, 0.3) is 4.96 Å². The van der Waals surface area contributed by atoms with Gasteiger partial charge in [0.25, 0.3) is 0 Å². The van der Waals surface area contributed by atoms with E-state index >= 15 is 0 Å². The summed E-state index contributed by atoms with van der Waals surface area (Å²) in [7, 11) is 0. The molecule has 2 unspecified atom stereocenters. The minimum Gasteiger partial charge on any atom is -0.388 e. The largest absolute Gasteiger partial charge is 0.388 e. The number of aliphatic hydroxyl groups excluding tert-OH is 2. The molecule has 0 radical (unpaired) electrons. The maximum absolute atomic E-state index is 10.5. The van der Waals surface area contributed by atoms with Gasteiger partial charge < -0.3 is 10.2 Å². The number of hydrogen-bond acceptors (Lipinski definition) is 4. The highest BCUT2D eigenvalue weighted by Gasteiger charge is 2.20. The molecule has 4 nitrogen and oxygen atoms in total. The molecular formula is C16H18N2O2S. The van der Waals surface area contributed by atoms with Crippen LogP contribution in [0.4, 0.5) is 0 Å². The van der Waals surface area contributed by atoms with E-state index in [1.165, 1.54) is 4.88 Å². The zero-order valence-corrected chi connectivity index (χ0v) is 12.8. The first-order valence-corrected chi connectivity index (χ1v) is 7.74. The van der Waals surface area contributed by atoms with Crippen LogP contribution in [0.3, 0.4) is 0 Å². The molecule has 0 aliphatic heterocycles. The molecule has 2 aromatic heterocycles. The van der Waals surface area contributed by atoms with Gasteiger partial charge in [-0.15, -0.1) is 11.3 Å². The second kappa shape index (κ2) is 5.60. The Kier molecular flexibility index (Phi) is 3.80. The molecule has 21 heavy (non-hydrogen) atoms. The summed E-state index contributed by atoms with van der Waals surface area (Å²) >= 11 is 1.61. The van der Waals surface area contributed by atoms with Crippen LogP contribution in [0.2, 0.25) is 0 Å². The van der Waals surface area contributed by atoms with E-state index in [2.05, 4.69) is 4.98 Å². The number of benzene rings is 1. The lowest BCUT2D eigenvalue weighted by molar-refractivity contribution is 0.0775. The van der Waals surface area contributed by atoms with Gasteiger partial charge >= 0.3 is 0 Å². The average molecular weight is 302 g/mol. The van der Waals surface area contributed by atoms with Crippen molar-refractivity contribution in [3.8, 4) is 0 Å². The standard InChI is InChI=1S/C16H18N2O2S/c1-10-11(2)21-16-17-9-13(18(10)16)15(20)8-14(19)12-6-4-3-5-7-12/h3-7,9,14-15,19-20H,8H2,1-2H3. The number of rotatable bonds is 4. The fourth-order valence-electron chi connectivity index (χ4n) is 2.50. The van der Waals surface area contributed by atoms with Crippen LogP contribution in [0.15, 0.2) is 36.5 Å². The maximum Gasteiger partial charge on any atom is 0.194 e. The summed E-state index contributed by atoms with van der Waals surface area (Å²) in [6, 6.07) is 9.40. The summed E-state index contributed by atoms with van der Waals surface area (Å²) in [5.74, 6) is 0.